The summed E-state index contributed by atoms with van der Waals surface area (Å²) in [6.45, 7) is 2.39. The Kier molecular flexibility index (Phi) is 7.94. The SMILES string of the molecule is COCCOCCCOc1ccc(C(N)=S)cc1OC. The zero-order chi connectivity index (χ0) is 14.8. The molecule has 0 amide bonds. The average Bonchev–Trinajstić information content (AvgIpc) is 2.46. The van der Waals surface area contributed by atoms with Gasteiger partial charge >= 0.3 is 0 Å². The van der Waals surface area contributed by atoms with E-state index in [1.165, 1.54) is 0 Å². The summed E-state index contributed by atoms with van der Waals surface area (Å²) in [4.78, 5) is 0.335. The Hall–Kier alpha value is -1.37. The minimum absolute atomic E-state index is 0.335. The highest BCUT2D eigenvalue weighted by Gasteiger charge is 2.07. The van der Waals surface area contributed by atoms with E-state index in [0.717, 1.165) is 12.0 Å². The Bertz CT molecular complexity index is 426. The van der Waals surface area contributed by atoms with Gasteiger partial charge in [0.25, 0.3) is 0 Å². The zero-order valence-corrected chi connectivity index (χ0v) is 12.7. The predicted octanol–water partition coefficient (Wildman–Crippen LogP) is 1.76. The van der Waals surface area contributed by atoms with Gasteiger partial charge in [-0.1, -0.05) is 12.2 Å². The number of hydrogen-bond donors (Lipinski definition) is 1. The Labute approximate surface area is 125 Å². The van der Waals surface area contributed by atoms with Gasteiger partial charge in [0.1, 0.15) is 4.99 Å². The first-order valence-corrected chi connectivity index (χ1v) is 6.77. The van der Waals surface area contributed by atoms with Crippen LogP contribution in [-0.4, -0.2) is 45.6 Å². The van der Waals surface area contributed by atoms with E-state index in [4.69, 9.17) is 36.9 Å². The summed E-state index contributed by atoms with van der Waals surface area (Å²) in [6.07, 6.45) is 0.796. The molecule has 0 aliphatic heterocycles. The van der Waals surface area contributed by atoms with E-state index in [9.17, 15) is 0 Å². The molecule has 0 bridgehead atoms. The van der Waals surface area contributed by atoms with Crippen LogP contribution in [0, 0.1) is 0 Å². The van der Waals surface area contributed by atoms with Gasteiger partial charge in [-0.05, 0) is 18.2 Å². The van der Waals surface area contributed by atoms with Gasteiger partial charge in [-0.25, -0.2) is 0 Å². The molecule has 0 saturated carbocycles. The fraction of sp³-hybridized carbons (Fsp3) is 0.500. The lowest BCUT2D eigenvalue weighted by Crippen LogP contribution is -2.10. The second-order valence-electron chi connectivity index (χ2n) is 4.04. The Balaban J connectivity index is 2.38. The molecule has 5 nitrogen and oxygen atoms in total. The number of ether oxygens (including phenoxy) is 4. The van der Waals surface area contributed by atoms with Crippen LogP contribution in [0.25, 0.3) is 0 Å². The highest BCUT2D eigenvalue weighted by Crippen LogP contribution is 2.28. The van der Waals surface area contributed by atoms with Crippen molar-refractivity contribution in [3.8, 4) is 11.5 Å². The van der Waals surface area contributed by atoms with Gasteiger partial charge in [-0.3, -0.25) is 0 Å². The third-order valence-corrected chi connectivity index (χ3v) is 2.81. The Morgan fingerprint density at radius 1 is 1.10 bits per heavy atom. The third kappa shape index (κ3) is 5.73. The normalized spacial score (nSPS) is 10.3. The molecule has 0 heterocycles. The number of nitrogens with two attached hydrogens (primary N) is 1. The standard InChI is InChI=1S/C14H21NO4S/c1-16-8-9-18-6-3-7-19-12-5-4-11(14(15)20)10-13(12)17-2/h4-5,10H,3,6-9H2,1-2H3,(H2,15,20). The van der Waals surface area contributed by atoms with Crippen LogP contribution in [0.15, 0.2) is 18.2 Å². The molecule has 0 radical (unpaired) electrons. The molecular formula is C14H21NO4S. The molecule has 0 saturated heterocycles. The van der Waals surface area contributed by atoms with E-state index >= 15 is 0 Å². The molecule has 0 aliphatic rings. The largest absolute Gasteiger partial charge is 0.493 e. The van der Waals surface area contributed by atoms with Gasteiger partial charge in [0, 0.05) is 25.7 Å². The van der Waals surface area contributed by atoms with Crippen molar-refractivity contribution >= 4 is 17.2 Å². The van der Waals surface area contributed by atoms with Crippen LogP contribution in [0.3, 0.4) is 0 Å². The lowest BCUT2D eigenvalue weighted by molar-refractivity contribution is 0.0643. The summed E-state index contributed by atoms with van der Waals surface area (Å²) >= 11 is 4.92. The zero-order valence-electron chi connectivity index (χ0n) is 11.9. The predicted molar refractivity (Wildman–Crippen MR) is 81.7 cm³/mol. The molecule has 0 unspecified atom stereocenters. The number of rotatable bonds is 10. The molecule has 6 heteroatoms. The van der Waals surface area contributed by atoms with Crippen molar-refractivity contribution in [3.05, 3.63) is 23.8 Å². The highest BCUT2D eigenvalue weighted by molar-refractivity contribution is 7.80. The van der Waals surface area contributed by atoms with Gasteiger partial charge < -0.3 is 24.7 Å². The molecule has 20 heavy (non-hydrogen) atoms. The minimum Gasteiger partial charge on any atom is -0.493 e. The smallest absolute Gasteiger partial charge is 0.161 e. The van der Waals surface area contributed by atoms with Crippen molar-refractivity contribution < 1.29 is 18.9 Å². The van der Waals surface area contributed by atoms with Crippen molar-refractivity contribution in [2.24, 2.45) is 5.73 Å². The molecule has 1 rings (SSSR count). The number of hydrogen-bond acceptors (Lipinski definition) is 5. The second-order valence-corrected chi connectivity index (χ2v) is 4.48. The summed E-state index contributed by atoms with van der Waals surface area (Å²) in [5, 5.41) is 0. The highest BCUT2D eigenvalue weighted by atomic mass is 32.1. The van der Waals surface area contributed by atoms with E-state index in [0.29, 0.717) is 42.9 Å². The fourth-order valence-electron chi connectivity index (χ4n) is 1.53. The molecule has 0 fully saturated rings. The van der Waals surface area contributed by atoms with Crippen LogP contribution in [0.2, 0.25) is 0 Å². The summed E-state index contributed by atoms with van der Waals surface area (Å²) in [7, 11) is 3.23. The lowest BCUT2D eigenvalue weighted by atomic mass is 10.2. The van der Waals surface area contributed by atoms with E-state index in [1.54, 1.807) is 26.4 Å². The van der Waals surface area contributed by atoms with E-state index < -0.39 is 0 Å². The summed E-state index contributed by atoms with van der Waals surface area (Å²) in [6, 6.07) is 5.39. The van der Waals surface area contributed by atoms with Gasteiger partial charge in [0.05, 0.1) is 26.9 Å². The lowest BCUT2D eigenvalue weighted by Gasteiger charge is -2.12. The topological polar surface area (TPSA) is 62.9 Å². The summed E-state index contributed by atoms with van der Waals surface area (Å²) < 4.78 is 21.1. The molecule has 1 aromatic rings. The van der Waals surface area contributed by atoms with Gasteiger partial charge in [0.2, 0.25) is 0 Å². The minimum atomic E-state index is 0.335. The first-order valence-electron chi connectivity index (χ1n) is 6.36. The third-order valence-electron chi connectivity index (χ3n) is 2.57. The van der Waals surface area contributed by atoms with Crippen LogP contribution >= 0.6 is 12.2 Å². The van der Waals surface area contributed by atoms with Gasteiger partial charge in [0.15, 0.2) is 11.5 Å². The Morgan fingerprint density at radius 2 is 1.90 bits per heavy atom. The monoisotopic (exact) mass is 299 g/mol. The van der Waals surface area contributed by atoms with E-state index in [2.05, 4.69) is 0 Å². The van der Waals surface area contributed by atoms with Crippen molar-refractivity contribution in [1.29, 1.82) is 0 Å². The van der Waals surface area contributed by atoms with Crippen molar-refractivity contribution in [2.75, 3.05) is 40.6 Å². The van der Waals surface area contributed by atoms with Crippen LogP contribution in [0.4, 0.5) is 0 Å². The quantitative estimate of drug-likeness (QED) is 0.525. The second kappa shape index (κ2) is 9.52. The fourth-order valence-corrected chi connectivity index (χ4v) is 1.65. The first-order chi connectivity index (χ1) is 9.69. The molecule has 1 aromatic carbocycles. The van der Waals surface area contributed by atoms with Gasteiger partial charge in [-0.15, -0.1) is 0 Å². The van der Waals surface area contributed by atoms with E-state index in [-0.39, 0.29) is 0 Å². The average molecular weight is 299 g/mol. The van der Waals surface area contributed by atoms with Crippen molar-refractivity contribution in [1.82, 2.24) is 0 Å². The number of thiocarbonyl (C=S) groups is 1. The van der Waals surface area contributed by atoms with Crippen LogP contribution < -0.4 is 15.2 Å². The van der Waals surface area contributed by atoms with Crippen LogP contribution in [0.5, 0.6) is 11.5 Å². The molecule has 0 aromatic heterocycles. The van der Waals surface area contributed by atoms with Gasteiger partial charge in [-0.2, -0.15) is 0 Å². The number of benzene rings is 1. The summed E-state index contributed by atoms with van der Waals surface area (Å²) in [5.41, 5.74) is 6.33. The molecule has 2 N–H and O–H groups in total. The first kappa shape index (κ1) is 16.7. The maximum absolute atomic E-state index is 5.65. The van der Waals surface area contributed by atoms with E-state index in [1.807, 2.05) is 6.07 Å². The molecule has 0 atom stereocenters. The maximum atomic E-state index is 5.65. The molecule has 0 aliphatic carbocycles. The van der Waals surface area contributed by atoms with Crippen molar-refractivity contribution in [3.63, 3.8) is 0 Å². The van der Waals surface area contributed by atoms with Crippen molar-refractivity contribution in [2.45, 2.75) is 6.42 Å². The van der Waals surface area contributed by atoms with Crippen LogP contribution in [-0.2, 0) is 9.47 Å². The van der Waals surface area contributed by atoms with Crippen LogP contribution in [0.1, 0.15) is 12.0 Å². The number of methoxy groups -OCH3 is 2. The summed E-state index contributed by atoms with van der Waals surface area (Å²) in [5.74, 6) is 1.29. The molecule has 0 spiro atoms. The maximum Gasteiger partial charge on any atom is 0.161 e. The Morgan fingerprint density at radius 3 is 2.55 bits per heavy atom. The molecular weight excluding hydrogens is 278 g/mol. The molecule has 112 valence electrons.